The third kappa shape index (κ3) is 3.58. The van der Waals surface area contributed by atoms with Gasteiger partial charge in [-0.3, -0.25) is 9.59 Å². The Morgan fingerprint density at radius 1 is 1.09 bits per heavy atom. The van der Waals surface area contributed by atoms with E-state index in [0.717, 1.165) is 12.3 Å². The number of halogens is 5. The van der Waals surface area contributed by atoms with E-state index in [1.807, 2.05) is 0 Å². The van der Waals surface area contributed by atoms with E-state index in [2.05, 4.69) is 5.10 Å². The molecule has 5 nitrogen and oxygen atoms in total. The molecule has 2 heterocycles. The Balaban J connectivity index is 1.87. The Morgan fingerprint density at radius 3 is 2.44 bits per heavy atom. The molecule has 164 valence electrons. The van der Waals surface area contributed by atoms with Crippen LogP contribution in [0.15, 0.2) is 50.4 Å². The number of benzene rings is 2. The van der Waals surface area contributed by atoms with Crippen molar-refractivity contribution in [3.8, 4) is 0 Å². The molecule has 0 atom stereocenters. The summed E-state index contributed by atoms with van der Waals surface area (Å²) in [7, 11) is 0. The molecule has 3 aromatic rings. The number of hydrogen-bond acceptors (Lipinski definition) is 4. The summed E-state index contributed by atoms with van der Waals surface area (Å²) in [6.07, 6.45) is 2.96. The summed E-state index contributed by atoms with van der Waals surface area (Å²) in [5, 5.41) is 4.59. The number of amides is 1. The molecule has 1 aliphatic rings. The molecule has 32 heavy (non-hydrogen) atoms. The van der Waals surface area contributed by atoms with Crippen LogP contribution in [0.4, 0.5) is 23.2 Å². The van der Waals surface area contributed by atoms with Crippen LogP contribution in [0, 0.1) is 23.3 Å². The van der Waals surface area contributed by atoms with Gasteiger partial charge in [-0.25, -0.2) is 17.6 Å². The first kappa shape index (κ1) is 21.8. The summed E-state index contributed by atoms with van der Waals surface area (Å²) in [6, 6.07) is 4.48. The van der Waals surface area contributed by atoms with Gasteiger partial charge < -0.3 is 4.42 Å². The fraction of sp³-hybridized carbons (Fsp3) is 0.136. The Hall–Kier alpha value is -3.46. The van der Waals surface area contributed by atoms with Gasteiger partial charge in [-0.1, -0.05) is 24.9 Å². The first-order chi connectivity index (χ1) is 15.2. The molecule has 0 saturated heterocycles. The number of fused-ring (bicyclic) bond motifs is 1. The Morgan fingerprint density at radius 2 is 1.78 bits per heavy atom. The lowest BCUT2D eigenvalue weighted by atomic mass is 10.0. The topological polar surface area (TPSA) is 62.9 Å². The maximum Gasteiger partial charge on any atom is 0.280 e. The van der Waals surface area contributed by atoms with Gasteiger partial charge in [0, 0.05) is 11.1 Å². The minimum Gasteiger partial charge on any atom is -0.463 e. The second kappa shape index (κ2) is 8.23. The standard InChI is InChI=1S/C22H13ClF4N2O3/c1-2-3-16-12(6-10-9-32-17-5-4-11(23)7-13(17)21(10)30)22(31)29(28-16)20-18(26)14(24)8-15(25)19(20)27/h4-9H,2-3H2,1H3/b12-6-. The van der Waals surface area contributed by atoms with E-state index in [9.17, 15) is 27.2 Å². The Labute approximate surface area is 183 Å². The highest BCUT2D eigenvalue weighted by molar-refractivity contribution is 6.33. The maximum absolute atomic E-state index is 14.3. The van der Waals surface area contributed by atoms with Gasteiger partial charge in [0.25, 0.3) is 5.91 Å². The minimum absolute atomic E-state index is 0.0353. The summed E-state index contributed by atoms with van der Waals surface area (Å²) in [4.78, 5) is 25.8. The first-order valence-electron chi connectivity index (χ1n) is 9.41. The van der Waals surface area contributed by atoms with E-state index in [-0.39, 0.29) is 45.3 Å². The smallest absolute Gasteiger partial charge is 0.280 e. The third-order valence-corrected chi connectivity index (χ3v) is 5.04. The molecular weight excluding hydrogens is 452 g/mol. The summed E-state index contributed by atoms with van der Waals surface area (Å²) < 4.78 is 61.3. The van der Waals surface area contributed by atoms with Crippen LogP contribution in [0.25, 0.3) is 17.0 Å². The van der Waals surface area contributed by atoms with Crippen LogP contribution < -0.4 is 10.4 Å². The summed E-state index contributed by atoms with van der Waals surface area (Å²) in [5.41, 5.74) is -1.63. The fourth-order valence-corrected chi connectivity index (χ4v) is 3.47. The maximum atomic E-state index is 14.3. The van der Waals surface area contributed by atoms with Crippen molar-refractivity contribution in [3.63, 3.8) is 0 Å². The van der Waals surface area contributed by atoms with E-state index in [0.29, 0.717) is 11.4 Å². The van der Waals surface area contributed by atoms with Gasteiger partial charge in [-0.2, -0.15) is 10.1 Å². The van der Waals surface area contributed by atoms with Crippen molar-refractivity contribution < 1.29 is 26.8 Å². The van der Waals surface area contributed by atoms with E-state index < -0.39 is 40.3 Å². The molecule has 0 bridgehead atoms. The number of anilines is 1. The number of nitrogens with zero attached hydrogens (tertiary/aromatic N) is 2. The minimum atomic E-state index is -1.77. The van der Waals surface area contributed by atoms with Crippen molar-refractivity contribution in [1.29, 1.82) is 0 Å². The van der Waals surface area contributed by atoms with Gasteiger partial charge in [0.2, 0.25) is 0 Å². The van der Waals surface area contributed by atoms with Crippen LogP contribution in [0.5, 0.6) is 0 Å². The second-order valence-corrected chi connectivity index (χ2v) is 7.39. The summed E-state index contributed by atoms with van der Waals surface area (Å²) >= 11 is 5.93. The predicted molar refractivity (Wildman–Crippen MR) is 112 cm³/mol. The van der Waals surface area contributed by atoms with Crippen LogP contribution in [-0.4, -0.2) is 11.6 Å². The zero-order chi connectivity index (χ0) is 23.2. The zero-order valence-electron chi connectivity index (χ0n) is 16.4. The van der Waals surface area contributed by atoms with Crippen LogP contribution in [0.1, 0.15) is 25.3 Å². The molecule has 0 radical (unpaired) electrons. The third-order valence-electron chi connectivity index (χ3n) is 4.80. The average molecular weight is 465 g/mol. The Bertz CT molecular complexity index is 1370. The number of carbonyl (C=O) groups is 1. The second-order valence-electron chi connectivity index (χ2n) is 6.95. The molecule has 2 aromatic carbocycles. The van der Waals surface area contributed by atoms with E-state index in [1.54, 1.807) is 6.92 Å². The summed E-state index contributed by atoms with van der Waals surface area (Å²) in [6.45, 7) is 1.77. The highest BCUT2D eigenvalue weighted by atomic mass is 35.5. The van der Waals surface area contributed by atoms with Crippen LogP contribution in [0.2, 0.25) is 5.02 Å². The molecule has 1 aliphatic heterocycles. The lowest BCUT2D eigenvalue weighted by Gasteiger charge is -2.14. The molecule has 10 heteroatoms. The molecule has 0 unspecified atom stereocenters. The molecule has 1 amide bonds. The van der Waals surface area contributed by atoms with Gasteiger partial charge in [0.05, 0.1) is 22.2 Å². The van der Waals surface area contributed by atoms with Gasteiger partial charge in [0.15, 0.2) is 28.7 Å². The van der Waals surface area contributed by atoms with Crippen LogP contribution in [0.3, 0.4) is 0 Å². The van der Waals surface area contributed by atoms with Crippen molar-refractivity contribution in [2.24, 2.45) is 5.10 Å². The molecule has 1 aromatic heterocycles. The fourth-order valence-electron chi connectivity index (χ4n) is 3.30. The van der Waals surface area contributed by atoms with E-state index >= 15 is 0 Å². The van der Waals surface area contributed by atoms with Crippen LogP contribution in [-0.2, 0) is 4.79 Å². The molecule has 0 saturated carbocycles. The number of hydrogen-bond donors (Lipinski definition) is 0. The SMILES string of the molecule is CCCC1=NN(c2c(F)c(F)cc(F)c2F)C(=O)/C1=C\c1coc2ccc(Cl)cc2c1=O. The molecule has 0 N–H and O–H groups in total. The van der Waals surface area contributed by atoms with E-state index in [1.165, 1.54) is 18.2 Å². The van der Waals surface area contributed by atoms with Gasteiger partial charge in [-0.05, 0) is 30.7 Å². The van der Waals surface area contributed by atoms with Gasteiger partial charge in [-0.15, -0.1) is 0 Å². The van der Waals surface area contributed by atoms with Gasteiger partial charge >= 0.3 is 0 Å². The zero-order valence-corrected chi connectivity index (χ0v) is 17.1. The van der Waals surface area contributed by atoms with Crippen LogP contribution >= 0.6 is 11.6 Å². The molecule has 0 aliphatic carbocycles. The Kier molecular flexibility index (Phi) is 5.60. The lowest BCUT2D eigenvalue weighted by Crippen LogP contribution is -2.24. The van der Waals surface area contributed by atoms with Crippen molar-refractivity contribution in [3.05, 3.63) is 80.2 Å². The molecule has 0 spiro atoms. The average Bonchev–Trinajstić information content (AvgIpc) is 3.05. The van der Waals surface area contributed by atoms with Crippen molar-refractivity contribution in [2.45, 2.75) is 19.8 Å². The monoisotopic (exact) mass is 464 g/mol. The number of rotatable bonds is 4. The van der Waals surface area contributed by atoms with Crippen molar-refractivity contribution in [1.82, 2.24) is 0 Å². The quantitative estimate of drug-likeness (QED) is 0.287. The number of hydrazone groups is 1. The lowest BCUT2D eigenvalue weighted by molar-refractivity contribution is -0.114. The first-order valence-corrected chi connectivity index (χ1v) is 9.78. The van der Waals surface area contributed by atoms with E-state index in [4.69, 9.17) is 16.0 Å². The highest BCUT2D eigenvalue weighted by Crippen LogP contribution is 2.33. The highest BCUT2D eigenvalue weighted by Gasteiger charge is 2.36. The molecular formula is C22H13ClF4N2O3. The van der Waals surface area contributed by atoms with Gasteiger partial charge in [0.1, 0.15) is 17.5 Å². The summed E-state index contributed by atoms with van der Waals surface area (Å²) in [5.74, 6) is -7.94. The van der Waals surface area contributed by atoms with Crippen molar-refractivity contribution >= 4 is 46.0 Å². The normalized spacial score (nSPS) is 15.2. The molecule has 0 fully saturated rings. The largest absolute Gasteiger partial charge is 0.463 e. The van der Waals surface area contributed by atoms with Crippen molar-refractivity contribution in [2.75, 3.05) is 5.01 Å². The number of carbonyl (C=O) groups excluding carboxylic acids is 1. The predicted octanol–water partition coefficient (Wildman–Crippen LogP) is 5.59. The molecule has 4 rings (SSSR count).